The number of primary amides is 2. The lowest BCUT2D eigenvalue weighted by molar-refractivity contribution is -0.231. The molecular weight excluding hydrogens is 872 g/mol. The van der Waals surface area contributed by atoms with E-state index >= 15 is 0 Å². The number of amides is 2. The van der Waals surface area contributed by atoms with Crippen molar-refractivity contribution in [3.05, 3.63) is 86.8 Å². The van der Waals surface area contributed by atoms with Crippen LogP contribution in [0.3, 0.4) is 0 Å². The number of halogens is 7. The Bertz CT molecular complexity index is 1980. The summed E-state index contributed by atoms with van der Waals surface area (Å²) in [6, 6.07) is 3.93. The number of hydrogen-bond acceptors (Lipinski definition) is 12. The van der Waals surface area contributed by atoms with Gasteiger partial charge in [-0.05, 0) is 75.3 Å². The molecule has 6 atom stereocenters. The van der Waals surface area contributed by atoms with Gasteiger partial charge in [0.1, 0.15) is 23.7 Å². The number of aliphatic carboxylic acids is 2. The van der Waals surface area contributed by atoms with Gasteiger partial charge in [0.15, 0.2) is 6.29 Å². The van der Waals surface area contributed by atoms with Crippen LogP contribution in [-0.4, -0.2) is 104 Å². The molecule has 3 aromatic rings. The molecule has 0 radical (unpaired) electrons. The van der Waals surface area contributed by atoms with Crippen LogP contribution in [-0.2, 0) is 52.1 Å². The van der Waals surface area contributed by atoms with Gasteiger partial charge >= 0.3 is 38.2 Å². The van der Waals surface area contributed by atoms with E-state index in [2.05, 4.69) is 20.7 Å². The van der Waals surface area contributed by atoms with Crippen LogP contribution < -0.4 is 27.8 Å². The summed E-state index contributed by atoms with van der Waals surface area (Å²) in [5, 5.41) is 25.8. The van der Waals surface area contributed by atoms with Crippen LogP contribution in [0.5, 0.6) is 0 Å². The Labute approximate surface area is 348 Å². The van der Waals surface area contributed by atoms with Gasteiger partial charge in [-0.25, -0.2) is 9.18 Å². The minimum Gasteiger partial charge on any atom is -0.480 e. The molecule has 62 heavy (non-hydrogen) atoms. The molecule has 27 heteroatoms. The molecule has 1 aliphatic heterocycles. The highest BCUT2D eigenvalue weighted by Crippen LogP contribution is 2.40. The number of H-pyrrole nitrogens is 1. The third kappa shape index (κ3) is 16.9. The monoisotopic (exact) mass is 918 g/mol. The minimum atomic E-state index is -5.05. The van der Waals surface area contributed by atoms with Crippen LogP contribution in [0.15, 0.2) is 47.3 Å². The Morgan fingerprint density at radius 2 is 1.42 bits per heavy atom. The number of nitrogens with two attached hydrogens (primary N) is 2. The maximum Gasteiger partial charge on any atom is 0.416 e. The molecule has 2 aromatic carbocycles. The van der Waals surface area contributed by atoms with Crippen LogP contribution in [0.25, 0.3) is 0 Å². The third-order valence-electron chi connectivity index (χ3n) is 8.79. The van der Waals surface area contributed by atoms with E-state index < -0.39 is 103 Å². The number of nitrogens with one attached hydrogen (secondary N) is 3. The average molecular weight is 919 g/mol. The first-order valence-corrected chi connectivity index (χ1v) is 19.4. The van der Waals surface area contributed by atoms with Crippen LogP contribution in [0.2, 0.25) is 0 Å². The molecule has 1 aromatic heterocycles. The highest BCUT2D eigenvalue weighted by molar-refractivity contribution is 7.35. The van der Waals surface area contributed by atoms with Crippen LogP contribution in [0.4, 0.5) is 30.7 Å². The molecule has 0 spiro atoms. The second kappa shape index (κ2) is 23.8. The van der Waals surface area contributed by atoms with Gasteiger partial charge in [-0.2, -0.15) is 26.3 Å². The number of hydrogen-bond donors (Lipinski definition) is 8. The van der Waals surface area contributed by atoms with Crippen molar-refractivity contribution in [2.75, 3.05) is 27.2 Å². The van der Waals surface area contributed by atoms with E-state index in [-0.39, 0.29) is 57.3 Å². The third-order valence-corrected chi connectivity index (χ3v) is 9.46. The summed E-state index contributed by atoms with van der Waals surface area (Å²) in [6.07, 6.45) is -12.0. The average Bonchev–Trinajstić information content (AvgIpc) is 3.55. The van der Waals surface area contributed by atoms with Crippen molar-refractivity contribution in [1.29, 1.82) is 0 Å². The number of carbonyl (C=O) groups is 4. The molecule has 2 amide bonds. The quantitative estimate of drug-likeness (QED) is 0.0713. The molecule has 4 rings (SSSR count). The summed E-state index contributed by atoms with van der Waals surface area (Å²) >= 11 is 0. The largest absolute Gasteiger partial charge is 0.480 e. The van der Waals surface area contributed by atoms with E-state index in [1.807, 2.05) is 0 Å². The second-order valence-corrected chi connectivity index (χ2v) is 14.3. The first-order valence-electron chi connectivity index (χ1n) is 18.1. The van der Waals surface area contributed by atoms with E-state index in [9.17, 15) is 64.2 Å². The highest BCUT2D eigenvalue weighted by Gasteiger charge is 2.40. The number of morpholine rings is 1. The summed E-state index contributed by atoms with van der Waals surface area (Å²) in [5.74, 6) is -3.47. The molecule has 0 aliphatic carbocycles. The molecule has 19 nitrogen and oxygen atoms in total. The molecule has 1 fully saturated rings. The fraction of sp³-hybridized carbons (Fsp3) is 0.486. The number of benzene rings is 2. The number of aromatic amines is 1. The van der Waals surface area contributed by atoms with Crippen molar-refractivity contribution < 1.29 is 79.1 Å². The molecule has 1 saturated heterocycles. The van der Waals surface area contributed by atoms with E-state index in [4.69, 9.17) is 31.2 Å². The van der Waals surface area contributed by atoms with Gasteiger partial charge < -0.3 is 46.7 Å². The number of ether oxygens (including phenoxy) is 2. The summed E-state index contributed by atoms with van der Waals surface area (Å²) in [5.41, 5.74) is 5.74. The van der Waals surface area contributed by atoms with Gasteiger partial charge in [0.25, 0.3) is 0 Å². The summed E-state index contributed by atoms with van der Waals surface area (Å²) in [4.78, 5) is 66.3. The SMILES string of the molecule is CN[C@H](CCC(N)=O)C(=O)O.CN[C@H](CCC(N)=O)C(=O)O.C[C@@H](O[C@H]1OCCN(Cc2nn([PH](=O)O)c(=O)[nH]2)[C@H]1c1ccc(F)cc1)c1cc(C(F)(F)F)cc(C(F)(F)F)c1. The van der Waals surface area contributed by atoms with Crippen molar-refractivity contribution in [3.8, 4) is 0 Å². The molecular formula is C35H46F7N8O11P. The van der Waals surface area contributed by atoms with Crippen LogP contribution >= 0.6 is 8.18 Å². The van der Waals surface area contributed by atoms with Gasteiger partial charge in [0, 0.05) is 19.4 Å². The number of carboxylic acids is 2. The van der Waals surface area contributed by atoms with Crippen molar-refractivity contribution in [3.63, 3.8) is 0 Å². The van der Waals surface area contributed by atoms with Crippen molar-refractivity contribution >= 4 is 31.9 Å². The van der Waals surface area contributed by atoms with E-state index in [1.54, 1.807) is 4.90 Å². The number of carbonyl (C=O) groups excluding carboxylic acids is 2. The molecule has 0 bridgehead atoms. The van der Waals surface area contributed by atoms with E-state index in [1.165, 1.54) is 33.2 Å². The second-order valence-electron chi connectivity index (χ2n) is 13.3. The van der Waals surface area contributed by atoms with Gasteiger partial charge in [-0.1, -0.05) is 12.1 Å². The fourth-order valence-electron chi connectivity index (χ4n) is 5.62. The standard InChI is InChI=1S/C23H22F7N4O5P.2C6H12N2O3/c1-12(14-8-15(22(25,26)27)10-16(9-14)23(28,29)30)39-20-19(13-2-4-17(24)5-3-13)33(6-7-38-20)11-18-31-21(35)34(32-18)40(36)37;2*1-8-4(6(10)11)2-3-5(7)9/h2-5,8-10,12,19-20,40H,6-7,11H2,1H3,(H,36,37)(H,31,32,35);2*4,8H,2-3H2,1H3,(H2,7,9)(H,10,11)/t12-,19+,20-;2*4-/m111/s1. The first-order chi connectivity index (χ1) is 28.8. The van der Waals surface area contributed by atoms with E-state index in [0.29, 0.717) is 22.1 Å². The lowest BCUT2D eigenvalue weighted by atomic mass is 10.0. The highest BCUT2D eigenvalue weighted by atomic mass is 31.1. The summed E-state index contributed by atoms with van der Waals surface area (Å²) in [6.45, 7) is 1.31. The van der Waals surface area contributed by atoms with Crippen LogP contribution in [0.1, 0.15) is 72.8 Å². The smallest absolute Gasteiger partial charge is 0.416 e. The Balaban J connectivity index is 0.000000493. The predicted molar refractivity (Wildman–Crippen MR) is 203 cm³/mol. The number of alkyl halides is 6. The molecule has 2 heterocycles. The maximum atomic E-state index is 13.7. The lowest BCUT2D eigenvalue weighted by Crippen LogP contribution is -2.46. The zero-order valence-electron chi connectivity index (χ0n) is 33.1. The topological polar surface area (TPSA) is 295 Å². The number of rotatable bonds is 17. The van der Waals surface area contributed by atoms with Gasteiger partial charge in [0.2, 0.25) is 11.8 Å². The zero-order chi connectivity index (χ0) is 47.1. The molecule has 346 valence electrons. The Morgan fingerprint density at radius 1 is 0.935 bits per heavy atom. The normalized spacial score (nSPS) is 17.6. The first kappa shape index (κ1) is 52.9. The Hall–Kier alpha value is -5.24. The van der Waals surface area contributed by atoms with Crippen molar-refractivity contribution in [1.82, 2.24) is 30.1 Å². The number of carboxylic acid groups (broad SMARTS) is 2. The molecule has 1 unspecified atom stereocenters. The Morgan fingerprint density at radius 3 is 1.81 bits per heavy atom. The maximum absolute atomic E-state index is 13.7. The number of nitrogens with zero attached hydrogens (tertiary/aromatic N) is 3. The minimum absolute atomic E-state index is 0.00693. The molecule has 10 N–H and O–H groups in total. The summed E-state index contributed by atoms with van der Waals surface area (Å²) in [7, 11) is -0.418. The van der Waals surface area contributed by atoms with Gasteiger partial charge in [-0.15, -0.1) is 9.55 Å². The van der Waals surface area contributed by atoms with Gasteiger partial charge in [0.05, 0.1) is 36.4 Å². The number of aromatic nitrogens is 3. The van der Waals surface area contributed by atoms with Crippen LogP contribution in [0, 0.1) is 5.82 Å². The molecule has 1 aliphatic rings. The van der Waals surface area contributed by atoms with E-state index in [0.717, 1.165) is 12.1 Å². The molecule has 0 saturated carbocycles. The Kier molecular flexibility index (Phi) is 20.3. The zero-order valence-corrected chi connectivity index (χ0v) is 34.1. The number of likely N-dealkylation sites (N-methyl/N-ethyl adjacent to an activating group) is 2. The van der Waals surface area contributed by atoms with Gasteiger partial charge in [-0.3, -0.25) is 33.6 Å². The fourth-order valence-corrected chi connectivity index (χ4v) is 6.05. The van der Waals surface area contributed by atoms with Crippen molar-refractivity contribution in [2.24, 2.45) is 11.5 Å². The summed E-state index contributed by atoms with van der Waals surface area (Å²) < 4.78 is 117. The predicted octanol–water partition coefficient (Wildman–Crippen LogP) is 2.50. The van der Waals surface area contributed by atoms with Crippen molar-refractivity contribution in [2.45, 2.75) is 82.0 Å². The lowest BCUT2D eigenvalue weighted by Gasteiger charge is -2.41.